The lowest BCUT2D eigenvalue weighted by molar-refractivity contribution is -0.130. The summed E-state index contributed by atoms with van der Waals surface area (Å²) < 4.78 is 10.6. The molecule has 1 aromatic rings. The van der Waals surface area contributed by atoms with Crippen LogP contribution in [0.15, 0.2) is 28.9 Å². The van der Waals surface area contributed by atoms with E-state index in [0.29, 0.717) is 17.5 Å². The maximum Gasteiger partial charge on any atom is 0.363 e. The van der Waals surface area contributed by atoms with Gasteiger partial charge in [-0.05, 0) is 48.6 Å². The number of hydrogen-bond donors (Lipinski definition) is 0. The fourth-order valence-electron chi connectivity index (χ4n) is 2.58. The van der Waals surface area contributed by atoms with E-state index in [2.05, 4.69) is 11.9 Å². The van der Waals surface area contributed by atoms with E-state index >= 15 is 0 Å². The number of aryl methyl sites for hydroxylation is 1. The van der Waals surface area contributed by atoms with Crippen molar-refractivity contribution in [2.45, 2.75) is 32.6 Å². The molecule has 1 saturated carbocycles. The molecule has 0 spiro atoms. The lowest BCUT2D eigenvalue weighted by Crippen LogP contribution is -2.22. The summed E-state index contributed by atoms with van der Waals surface area (Å²) in [6.07, 6.45) is 6.00. The largest absolute Gasteiger partial charge is 0.496 e. The predicted octanol–water partition coefficient (Wildman–Crippen LogP) is 3.35. The molecule has 4 heteroatoms. The number of carbonyl (C=O) groups is 1. The standard InChI is InChI=1S/C17H19NO3/c1-3-12-9-11(7-8-15(12)20-2)10-14-17(19)21-16(18-14)13-5-4-6-13/h7-10,13H,3-6H2,1-2H3/b14-10+. The van der Waals surface area contributed by atoms with E-state index < -0.39 is 0 Å². The van der Waals surface area contributed by atoms with Crippen LogP contribution in [0.5, 0.6) is 5.75 Å². The number of hydrogen-bond acceptors (Lipinski definition) is 4. The Morgan fingerprint density at radius 3 is 2.86 bits per heavy atom. The van der Waals surface area contributed by atoms with Gasteiger partial charge in [-0.3, -0.25) is 0 Å². The summed E-state index contributed by atoms with van der Waals surface area (Å²) in [4.78, 5) is 16.2. The number of cyclic esters (lactones) is 1. The number of nitrogens with zero attached hydrogens (tertiary/aromatic N) is 1. The third-order valence-electron chi connectivity index (χ3n) is 4.08. The van der Waals surface area contributed by atoms with Crippen molar-refractivity contribution >= 4 is 17.9 Å². The first-order valence-corrected chi connectivity index (χ1v) is 7.40. The summed E-state index contributed by atoms with van der Waals surface area (Å²) in [5, 5.41) is 0. The Balaban J connectivity index is 1.87. The smallest absolute Gasteiger partial charge is 0.363 e. The van der Waals surface area contributed by atoms with Crippen molar-refractivity contribution in [3.8, 4) is 5.75 Å². The lowest BCUT2D eigenvalue weighted by atomic mass is 9.85. The van der Waals surface area contributed by atoms with Crippen molar-refractivity contribution in [1.82, 2.24) is 0 Å². The highest BCUT2D eigenvalue weighted by molar-refractivity contribution is 6.08. The van der Waals surface area contributed by atoms with Gasteiger partial charge in [-0.15, -0.1) is 0 Å². The van der Waals surface area contributed by atoms with Crippen molar-refractivity contribution in [3.05, 3.63) is 35.0 Å². The van der Waals surface area contributed by atoms with Gasteiger partial charge in [-0.25, -0.2) is 9.79 Å². The van der Waals surface area contributed by atoms with Crippen molar-refractivity contribution in [3.63, 3.8) is 0 Å². The van der Waals surface area contributed by atoms with Gasteiger partial charge in [0.25, 0.3) is 0 Å². The Hall–Kier alpha value is -2.10. The van der Waals surface area contributed by atoms with E-state index in [1.165, 1.54) is 6.42 Å². The molecule has 0 atom stereocenters. The zero-order chi connectivity index (χ0) is 14.8. The minimum Gasteiger partial charge on any atom is -0.496 e. The summed E-state index contributed by atoms with van der Waals surface area (Å²) in [7, 11) is 1.66. The molecule has 1 aliphatic heterocycles. The van der Waals surface area contributed by atoms with Gasteiger partial charge in [-0.1, -0.05) is 19.4 Å². The Kier molecular flexibility index (Phi) is 3.78. The van der Waals surface area contributed by atoms with Crippen LogP contribution in [-0.4, -0.2) is 19.0 Å². The van der Waals surface area contributed by atoms with Gasteiger partial charge in [0.15, 0.2) is 5.70 Å². The van der Waals surface area contributed by atoms with Crippen LogP contribution in [0.1, 0.15) is 37.3 Å². The fourth-order valence-corrected chi connectivity index (χ4v) is 2.58. The molecular weight excluding hydrogens is 266 g/mol. The number of carbonyl (C=O) groups excluding carboxylic acids is 1. The third kappa shape index (κ3) is 2.71. The highest BCUT2D eigenvalue weighted by Gasteiger charge is 2.32. The molecule has 2 aliphatic rings. The van der Waals surface area contributed by atoms with Crippen LogP contribution in [0.3, 0.4) is 0 Å². The molecule has 21 heavy (non-hydrogen) atoms. The van der Waals surface area contributed by atoms with Crippen LogP contribution < -0.4 is 4.74 Å². The maximum atomic E-state index is 11.9. The molecule has 1 heterocycles. The number of aliphatic imine (C=N–C) groups is 1. The Morgan fingerprint density at radius 1 is 1.43 bits per heavy atom. The molecule has 0 amide bonds. The highest BCUT2D eigenvalue weighted by atomic mass is 16.6. The topological polar surface area (TPSA) is 47.9 Å². The number of ether oxygens (including phenoxy) is 2. The second kappa shape index (κ2) is 5.72. The molecule has 0 N–H and O–H groups in total. The van der Waals surface area contributed by atoms with Gasteiger partial charge in [0, 0.05) is 5.92 Å². The van der Waals surface area contributed by atoms with E-state index in [9.17, 15) is 4.79 Å². The van der Waals surface area contributed by atoms with Crippen LogP contribution in [0, 0.1) is 5.92 Å². The molecule has 0 radical (unpaired) electrons. The molecule has 0 aromatic heterocycles. The van der Waals surface area contributed by atoms with Gasteiger partial charge in [0.2, 0.25) is 5.90 Å². The zero-order valence-corrected chi connectivity index (χ0v) is 12.4. The van der Waals surface area contributed by atoms with Crippen LogP contribution in [-0.2, 0) is 16.0 Å². The van der Waals surface area contributed by atoms with E-state index in [1.807, 2.05) is 18.2 Å². The summed E-state index contributed by atoms with van der Waals surface area (Å²) >= 11 is 0. The summed E-state index contributed by atoms with van der Waals surface area (Å²) in [6, 6.07) is 5.87. The predicted molar refractivity (Wildman–Crippen MR) is 81.2 cm³/mol. The van der Waals surface area contributed by atoms with E-state index in [1.54, 1.807) is 13.2 Å². The molecule has 3 rings (SSSR count). The van der Waals surface area contributed by atoms with Crippen LogP contribution >= 0.6 is 0 Å². The maximum absolute atomic E-state index is 11.9. The van der Waals surface area contributed by atoms with Crippen LogP contribution in [0.25, 0.3) is 6.08 Å². The first kappa shape index (κ1) is 13.9. The van der Waals surface area contributed by atoms with Gasteiger partial charge in [0.05, 0.1) is 7.11 Å². The molecule has 0 saturated heterocycles. The van der Waals surface area contributed by atoms with Crippen LogP contribution in [0.4, 0.5) is 0 Å². The third-order valence-corrected chi connectivity index (χ3v) is 4.08. The average molecular weight is 285 g/mol. The lowest BCUT2D eigenvalue weighted by Gasteiger charge is -2.23. The molecule has 0 bridgehead atoms. The Bertz CT molecular complexity index is 627. The Labute approximate surface area is 124 Å². The van der Waals surface area contributed by atoms with Crippen LogP contribution in [0.2, 0.25) is 0 Å². The fraction of sp³-hybridized carbons (Fsp3) is 0.412. The average Bonchev–Trinajstić information content (AvgIpc) is 2.77. The van der Waals surface area contributed by atoms with Crippen molar-refractivity contribution in [1.29, 1.82) is 0 Å². The van der Waals surface area contributed by atoms with E-state index in [-0.39, 0.29) is 5.97 Å². The summed E-state index contributed by atoms with van der Waals surface area (Å²) in [5.74, 6) is 1.46. The molecule has 110 valence electrons. The highest BCUT2D eigenvalue weighted by Crippen LogP contribution is 2.32. The molecular formula is C17H19NO3. The SMILES string of the molecule is CCc1cc(/C=C2/N=C(C3CCC3)OC2=O)ccc1OC. The van der Waals surface area contributed by atoms with Gasteiger partial charge < -0.3 is 9.47 Å². The molecule has 4 nitrogen and oxygen atoms in total. The quantitative estimate of drug-likeness (QED) is 0.629. The summed E-state index contributed by atoms with van der Waals surface area (Å²) in [6.45, 7) is 2.07. The normalized spacial score (nSPS) is 20.2. The summed E-state index contributed by atoms with van der Waals surface area (Å²) in [5.41, 5.74) is 2.45. The first-order valence-electron chi connectivity index (χ1n) is 7.40. The second-order valence-corrected chi connectivity index (χ2v) is 5.42. The number of methoxy groups -OCH3 is 1. The van der Waals surface area contributed by atoms with Crippen molar-refractivity contribution < 1.29 is 14.3 Å². The molecule has 1 aliphatic carbocycles. The van der Waals surface area contributed by atoms with E-state index in [4.69, 9.17) is 9.47 Å². The second-order valence-electron chi connectivity index (χ2n) is 5.42. The van der Waals surface area contributed by atoms with Gasteiger partial charge in [0.1, 0.15) is 5.75 Å². The molecule has 0 unspecified atom stereocenters. The Morgan fingerprint density at radius 2 is 2.24 bits per heavy atom. The minimum atomic E-state index is -0.342. The number of esters is 1. The molecule has 1 fully saturated rings. The van der Waals surface area contributed by atoms with E-state index in [0.717, 1.165) is 36.1 Å². The van der Waals surface area contributed by atoms with Gasteiger partial charge in [-0.2, -0.15) is 0 Å². The number of rotatable bonds is 4. The monoisotopic (exact) mass is 285 g/mol. The minimum absolute atomic E-state index is 0.335. The molecule has 1 aromatic carbocycles. The first-order chi connectivity index (χ1) is 10.2. The zero-order valence-electron chi connectivity index (χ0n) is 12.4. The van der Waals surface area contributed by atoms with Gasteiger partial charge >= 0.3 is 5.97 Å². The van der Waals surface area contributed by atoms with Crippen molar-refractivity contribution in [2.24, 2.45) is 10.9 Å². The van der Waals surface area contributed by atoms with Crippen molar-refractivity contribution in [2.75, 3.05) is 7.11 Å². The number of benzene rings is 1.